The molecule has 0 saturated carbocycles. The lowest BCUT2D eigenvalue weighted by atomic mass is 10.2. The molecule has 0 fully saturated rings. The summed E-state index contributed by atoms with van der Waals surface area (Å²) >= 11 is 7.24. The molecular weight excluding hydrogens is 366 g/mol. The van der Waals surface area contributed by atoms with Gasteiger partial charge in [-0.05, 0) is 25.1 Å². The molecule has 1 N–H and O–H groups in total. The van der Waals surface area contributed by atoms with E-state index in [1.807, 2.05) is 24.4 Å². The summed E-state index contributed by atoms with van der Waals surface area (Å²) in [5.74, 6) is -0.298. The number of nitro benzene ring substituents is 1. The number of halogens is 1. The summed E-state index contributed by atoms with van der Waals surface area (Å²) in [5.41, 5.74) is 0.868. The van der Waals surface area contributed by atoms with Crippen LogP contribution in [0.4, 0.5) is 11.4 Å². The van der Waals surface area contributed by atoms with Crippen LogP contribution in [0, 0.1) is 10.1 Å². The Hall–Kier alpha value is -2.65. The Morgan fingerprint density at radius 1 is 1.36 bits per heavy atom. The summed E-state index contributed by atoms with van der Waals surface area (Å²) in [6.45, 7) is 1.73. The zero-order valence-corrected chi connectivity index (χ0v) is 14.5. The number of nitrogens with one attached hydrogen (secondary N) is 1. The van der Waals surface area contributed by atoms with E-state index in [1.165, 1.54) is 30.0 Å². The van der Waals surface area contributed by atoms with Gasteiger partial charge in [0.2, 0.25) is 5.91 Å². The van der Waals surface area contributed by atoms with Crippen LogP contribution in [-0.4, -0.2) is 30.7 Å². The molecule has 1 aromatic carbocycles. The van der Waals surface area contributed by atoms with Crippen LogP contribution in [-0.2, 0) is 4.79 Å². The van der Waals surface area contributed by atoms with Crippen molar-refractivity contribution in [2.45, 2.75) is 17.3 Å². The molecule has 3 rings (SSSR count). The van der Waals surface area contributed by atoms with Crippen molar-refractivity contribution < 1.29 is 9.72 Å². The van der Waals surface area contributed by atoms with Gasteiger partial charge < -0.3 is 5.32 Å². The predicted molar refractivity (Wildman–Crippen MR) is 95.0 cm³/mol. The average molecular weight is 378 g/mol. The molecule has 0 spiro atoms. The summed E-state index contributed by atoms with van der Waals surface area (Å²) in [5, 5.41) is 21.7. The lowest BCUT2D eigenvalue weighted by Gasteiger charge is -2.12. The van der Waals surface area contributed by atoms with Gasteiger partial charge in [-0.1, -0.05) is 29.4 Å². The fourth-order valence-corrected chi connectivity index (χ4v) is 3.12. The van der Waals surface area contributed by atoms with E-state index in [0.717, 1.165) is 0 Å². The Balaban J connectivity index is 1.72. The summed E-state index contributed by atoms with van der Waals surface area (Å²) in [6, 6.07) is 9.40. The number of nitrogens with zero attached hydrogens (tertiary/aromatic N) is 4. The Kier molecular flexibility index (Phi) is 4.86. The standard InChI is InChI=1S/C15H12ClN5O3S/c1-9(25-15-19-18-13-4-2-3-7-20(13)15)14(22)17-12-6-5-10(21(23)24)8-11(12)16/h2-9H,1H3,(H,17,22). The lowest BCUT2D eigenvalue weighted by molar-refractivity contribution is -0.384. The number of non-ortho nitro benzene ring substituents is 1. The van der Waals surface area contributed by atoms with Crippen molar-refractivity contribution in [1.82, 2.24) is 14.6 Å². The van der Waals surface area contributed by atoms with Gasteiger partial charge in [0.15, 0.2) is 10.8 Å². The molecule has 0 aliphatic rings. The van der Waals surface area contributed by atoms with Crippen molar-refractivity contribution in [3.63, 3.8) is 0 Å². The maximum absolute atomic E-state index is 12.4. The maximum atomic E-state index is 12.4. The normalized spacial score (nSPS) is 12.1. The zero-order chi connectivity index (χ0) is 18.0. The smallest absolute Gasteiger partial charge is 0.271 e. The van der Waals surface area contributed by atoms with E-state index in [-0.39, 0.29) is 16.6 Å². The van der Waals surface area contributed by atoms with E-state index < -0.39 is 10.2 Å². The minimum absolute atomic E-state index is 0.104. The molecule has 0 radical (unpaired) electrons. The van der Waals surface area contributed by atoms with Gasteiger partial charge in [0.25, 0.3) is 5.69 Å². The van der Waals surface area contributed by atoms with Gasteiger partial charge in [-0.15, -0.1) is 10.2 Å². The molecule has 10 heteroatoms. The largest absolute Gasteiger partial charge is 0.324 e. The Morgan fingerprint density at radius 3 is 2.88 bits per heavy atom. The van der Waals surface area contributed by atoms with Crippen molar-refractivity contribution in [2.75, 3.05) is 5.32 Å². The summed E-state index contributed by atoms with van der Waals surface area (Å²) in [6.07, 6.45) is 1.81. The van der Waals surface area contributed by atoms with E-state index >= 15 is 0 Å². The number of hydrogen-bond acceptors (Lipinski definition) is 6. The van der Waals surface area contributed by atoms with Gasteiger partial charge in [-0.3, -0.25) is 19.3 Å². The number of pyridine rings is 1. The molecule has 0 aliphatic carbocycles. The molecule has 128 valence electrons. The van der Waals surface area contributed by atoms with Crippen molar-refractivity contribution in [3.8, 4) is 0 Å². The molecule has 25 heavy (non-hydrogen) atoms. The van der Waals surface area contributed by atoms with Gasteiger partial charge >= 0.3 is 0 Å². The second-order valence-corrected chi connectivity index (χ2v) is 6.80. The van der Waals surface area contributed by atoms with Gasteiger partial charge in [0.1, 0.15) is 0 Å². The average Bonchev–Trinajstić information content (AvgIpc) is 2.99. The van der Waals surface area contributed by atoms with Crippen LogP contribution >= 0.6 is 23.4 Å². The van der Waals surface area contributed by atoms with Crippen molar-refractivity contribution in [3.05, 3.63) is 57.7 Å². The fraction of sp³-hybridized carbons (Fsp3) is 0.133. The zero-order valence-electron chi connectivity index (χ0n) is 12.9. The van der Waals surface area contributed by atoms with Crippen LogP contribution in [0.15, 0.2) is 47.8 Å². The molecule has 0 bridgehead atoms. The number of fused-ring (bicyclic) bond motifs is 1. The first-order valence-corrected chi connectivity index (χ1v) is 8.42. The number of anilines is 1. The third kappa shape index (κ3) is 3.72. The Bertz CT molecular complexity index is 961. The van der Waals surface area contributed by atoms with E-state index in [1.54, 1.807) is 11.3 Å². The third-order valence-electron chi connectivity index (χ3n) is 3.36. The number of carbonyl (C=O) groups is 1. The molecule has 3 aromatic rings. The number of thioether (sulfide) groups is 1. The first-order valence-electron chi connectivity index (χ1n) is 7.17. The maximum Gasteiger partial charge on any atom is 0.271 e. The van der Waals surface area contributed by atoms with Crippen LogP contribution < -0.4 is 5.32 Å². The van der Waals surface area contributed by atoms with Gasteiger partial charge in [-0.25, -0.2) is 0 Å². The monoisotopic (exact) mass is 377 g/mol. The minimum Gasteiger partial charge on any atom is -0.324 e. The molecule has 0 aliphatic heterocycles. The molecule has 0 saturated heterocycles. The number of nitro groups is 1. The Labute approximate surface area is 151 Å². The second-order valence-electron chi connectivity index (χ2n) is 5.08. The topological polar surface area (TPSA) is 102 Å². The first-order chi connectivity index (χ1) is 12.0. The van der Waals surface area contributed by atoms with Crippen LogP contribution in [0.1, 0.15) is 6.92 Å². The minimum atomic E-state index is -0.549. The number of amides is 1. The fourth-order valence-electron chi connectivity index (χ4n) is 2.06. The van der Waals surface area contributed by atoms with E-state index in [9.17, 15) is 14.9 Å². The van der Waals surface area contributed by atoms with Crippen LogP contribution in [0.5, 0.6) is 0 Å². The number of rotatable bonds is 5. The predicted octanol–water partition coefficient (Wildman–Crippen LogP) is 3.41. The van der Waals surface area contributed by atoms with Crippen molar-refractivity contribution in [1.29, 1.82) is 0 Å². The molecule has 1 atom stereocenters. The van der Waals surface area contributed by atoms with E-state index in [4.69, 9.17) is 11.6 Å². The number of benzene rings is 1. The number of aromatic nitrogens is 3. The lowest BCUT2D eigenvalue weighted by Crippen LogP contribution is -2.22. The molecule has 8 nitrogen and oxygen atoms in total. The van der Waals surface area contributed by atoms with E-state index in [0.29, 0.717) is 16.5 Å². The molecule has 2 heterocycles. The SMILES string of the molecule is CC(Sc1nnc2ccccn12)C(=O)Nc1ccc([N+](=O)[O-])cc1Cl. The highest BCUT2D eigenvalue weighted by molar-refractivity contribution is 8.00. The summed E-state index contributed by atoms with van der Waals surface area (Å²) in [4.78, 5) is 22.5. The van der Waals surface area contributed by atoms with Gasteiger partial charge in [0, 0.05) is 18.3 Å². The number of carbonyl (C=O) groups excluding carboxylic acids is 1. The van der Waals surface area contributed by atoms with Crippen LogP contribution in [0.2, 0.25) is 5.02 Å². The second kappa shape index (κ2) is 7.08. The number of hydrogen-bond donors (Lipinski definition) is 1. The molecule has 1 unspecified atom stereocenters. The highest BCUT2D eigenvalue weighted by Gasteiger charge is 2.19. The van der Waals surface area contributed by atoms with Crippen molar-refractivity contribution in [2.24, 2.45) is 0 Å². The molecule has 2 aromatic heterocycles. The molecular formula is C15H12ClN5O3S. The van der Waals surface area contributed by atoms with E-state index in [2.05, 4.69) is 15.5 Å². The van der Waals surface area contributed by atoms with Crippen LogP contribution in [0.3, 0.4) is 0 Å². The summed E-state index contributed by atoms with van der Waals surface area (Å²) in [7, 11) is 0. The molecule has 1 amide bonds. The first kappa shape index (κ1) is 17.2. The Morgan fingerprint density at radius 2 is 2.16 bits per heavy atom. The van der Waals surface area contributed by atoms with Gasteiger partial charge in [-0.2, -0.15) is 0 Å². The highest BCUT2D eigenvalue weighted by atomic mass is 35.5. The summed E-state index contributed by atoms with van der Waals surface area (Å²) < 4.78 is 1.79. The third-order valence-corrected chi connectivity index (χ3v) is 4.72. The highest BCUT2D eigenvalue weighted by Crippen LogP contribution is 2.28. The van der Waals surface area contributed by atoms with Crippen molar-refractivity contribution >= 4 is 46.3 Å². The van der Waals surface area contributed by atoms with Gasteiger partial charge in [0.05, 0.1) is 20.9 Å². The van der Waals surface area contributed by atoms with Crippen LogP contribution in [0.25, 0.3) is 5.65 Å². The quantitative estimate of drug-likeness (QED) is 0.415.